The van der Waals surface area contributed by atoms with E-state index in [9.17, 15) is 4.79 Å². The Morgan fingerprint density at radius 3 is 2.46 bits per heavy atom. The SMILES string of the molecule is NC1CN(C(=O)c2ccc(-c3ccc(Cl)cc3)s2)CC1c1ccccc1. The lowest BCUT2D eigenvalue weighted by molar-refractivity contribution is 0.0794. The highest BCUT2D eigenvalue weighted by Gasteiger charge is 2.34. The molecular formula is C21H19ClN2OS. The van der Waals surface area contributed by atoms with Gasteiger partial charge in [0.1, 0.15) is 0 Å². The van der Waals surface area contributed by atoms with Gasteiger partial charge in [0.15, 0.2) is 0 Å². The number of thiophene rings is 1. The summed E-state index contributed by atoms with van der Waals surface area (Å²) < 4.78 is 0. The monoisotopic (exact) mass is 382 g/mol. The molecule has 1 aliphatic heterocycles. The first-order valence-electron chi connectivity index (χ1n) is 8.57. The summed E-state index contributed by atoms with van der Waals surface area (Å²) in [6.45, 7) is 1.25. The van der Waals surface area contributed by atoms with Crippen molar-refractivity contribution >= 4 is 28.8 Å². The van der Waals surface area contributed by atoms with Crippen LogP contribution in [0.25, 0.3) is 10.4 Å². The lowest BCUT2D eigenvalue weighted by Crippen LogP contribution is -2.31. The highest BCUT2D eigenvalue weighted by atomic mass is 35.5. The summed E-state index contributed by atoms with van der Waals surface area (Å²) in [4.78, 5) is 16.6. The number of likely N-dealkylation sites (tertiary alicyclic amines) is 1. The Morgan fingerprint density at radius 1 is 1.00 bits per heavy atom. The van der Waals surface area contributed by atoms with Crippen molar-refractivity contribution in [3.63, 3.8) is 0 Å². The lowest BCUT2D eigenvalue weighted by atomic mass is 9.95. The third kappa shape index (κ3) is 3.40. The first-order chi connectivity index (χ1) is 12.6. The molecule has 5 heteroatoms. The van der Waals surface area contributed by atoms with Gasteiger partial charge in [-0.2, -0.15) is 0 Å². The van der Waals surface area contributed by atoms with Crippen molar-refractivity contribution in [2.75, 3.05) is 13.1 Å². The van der Waals surface area contributed by atoms with Crippen LogP contribution in [-0.4, -0.2) is 29.9 Å². The van der Waals surface area contributed by atoms with E-state index in [1.165, 1.54) is 16.9 Å². The average Bonchev–Trinajstić information content (AvgIpc) is 3.30. The summed E-state index contributed by atoms with van der Waals surface area (Å²) >= 11 is 7.46. The van der Waals surface area contributed by atoms with E-state index in [4.69, 9.17) is 17.3 Å². The average molecular weight is 383 g/mol. The standard InChI is InChI=1S/C21H19ClN2OS/c22-16-8-6-15(7-9-16)19-10-11-20(26-19)21(25)24-12-17(18(23)13-24)14-4-2-1-3-5-14/h1-11,17-18H,12-13,23H2. The van der Waals surface area contributed by atoms with Crippen LogP contribution < -0.4 is 5.73 Å². The van der Waals surface area contributed by atoms with Gasteiger partial charge >= 0.3 is 0 Å². The number of rotatable bonds is 3. The molecule has 4 rings (SSSR count). The van der Waals surface area contributed by atoms with Gasteiger partial charge in [0.05, 0.1) is 4.88 Å². The number of carbonyl (C=O) groups excluding carboxylic acids is 1. The fraction of sp³-hybridized carbons (Fsp3) is 0.190. The first-order valence-corrected chi connectivity index (χ1v) is 9.77. The largest absolute Gasteiger partial charge is 0.336 e. The van der Waals surface area contributed by atoms with Crippen LogP contribution in [0, 0.1) is 0 Å². The number of halogens is 1. The van der Waals surface area contributed by atoms with Crippen molar-refractivity contribution in [2.24, 2.45) is 5.73 Å². The van der Waals surface area contributed by atoms with Crippen LogP contribution >= 0.6 is 22.9 Å². The number of carbonyl (C=O) groups is 1. The van der Waals surface area contributed by atoms with Crippen LogP contribution in [0.3, 0.4) is 0 Å². The predicted molar refractivity (Wildman–Crippen MR) is 108 cm³/mol. The molecule has 1 saturated heterocycles. The van der Waals surface area contributed by atoms with Gasteiger partial charge in [-0.25, -0.2) is 0 Å². The van der Waals surface area contributed by atoms with Crippen molar-refractivity contribution in [1.29, 1.82) is 0 Å². The van der Waals surface area contributed by atoms with Crippen molar-refractivity contribution < 1.29 is 4.79 Å². The second-order valence-corrected chi connectivity index (χ2v) is 8.08. The summed E-state index contributed by atoms with van der Waals surface area (Å²) in [5, 5.41) is 0.708. The molecule has 1 fully saturated rings. The topological polar surface area (TPSA) is 46.3 Å². The Balaban J connectivity index is 1.51. The molecule has 2 unspecified atom stereocenters. The Labute approximate surface area is 162 Å². The molecule has 0 radical (unpaired) electrons. The smallest absolute Gasteiger partial charge is 0.264 e. The maximum absolute atomic E-state index is 12.9. The van der Waals surface area contributed by atoms with Gasteiger partial charge in [0, 0.05) is 34.9 Å². The van der Waals surface area contributed by atoms with Crippen LogP contribution in [0.15, 0.2) is 66.7 Å². The summed E-state index contributed by atoms with van der Waals surface area (Å²) in [6.07, 6.45) is 0. The van der Waals surface area contributed by atoms with E-state index in [0.717, 1.165) is 15.3 Å². The van der Waals surface area contributed by atoms with E-state index in [1.54, 1.807) is 0 Å². The second kappa shape index (κ2) is 7.23. The molecule has 0 spiro atoms. The van der Waals surface area contributed by atoms with Crippen molar-refractivity contribution in [3.05, 3.63) is 82.2 Å². The van der Waals surface area contributed by atoms with E-state index in [1.807, 2.05) is 59.5 Å². The number of nitrogens with two attached hydrogens (primary N) is 1. The number of hydrogen-bond acceptors (Lipinski definition) is 3. The molecule has 1 aromatic heterocycles. The minimum Gasteiger partial charge on any atom is -0.336 e. The molecule has 2 aromatic carbocycles. The Kier molecular flexibility index (Phi) is 4.81. The van der Waals surface area contributed by atoms with Crippen LogP contribution in [-0.2, 0) is 0 Å². The molecule has 132 valence electrons. The third-order valence-corrected chi connectivity index (χ3v) is 6.20. The highest BCUT2D eigenvalue weighted by molar-refractivity contribution is 7.17. The predicted octanol–water partition coefficient (Wildman–Crippen LogP) is 4.64. The lowest BCUT2D eigenvalue weighted by Gasteiger charge is -2.15. The fourth-order valence-corrected chi connectivity index (χ4v) is 4.53. The normalized spacial score (nSPS) is 19.7. The van der Waals surface area contributed by atoms with Gasteiger partial charge in [-0.15, -0.1) is 11.3 Å². The van der Waals surface area contributed by atoms with E-state index in [-0.39, 0.29) is 17.9 Å². The zero-order valence-electron chi connectivity index (χ0n) is 14.1. The Morgan fingerprint density at radius 2 is 1.73 bits per heavy atom. The zero-order valence-corrected chi connectivity index (χ0v) is 15.7. The molecule has 1 amide bonds. The summed E-state index contributed by atoms with van der Waals surface area (Å²) in [5.74, 6) is 0.250. The zero-order chi connectivity index (χ0) is 18.1. The van der Waals surface area contributed by atoms with Crippen molar-refractivity contribution in [2.45, 2.75) is 12.0 Å². The summed E-state index contributed by atoms with van der Waals surface area (Å²) in [5.41, 5.74) is 8.59. The van der Waals surface area contributed by atoms with Crippen molar-refractivity contribution in [1.82, 2.24) is 4.90 Å². The molecule has 3 nitrogen and oxygen atoms in total. The fourth-order valence-electron chi connectivity index (χ4n) is 3.43. The number of benzene rings is 2. The molecule has 2 atom stereocenters. The van der Waals surface area contributed by atoms with Crippen LogP contribution in [0.5, 0.6) is 0 Å². The van der Waals surface area contributed by atoms with Gasteiger partial charge < -0.3 is 10.6 Å². The molecule has 0 bridgehead atoms. The number of amides is 1. The molecule has 1 aliphatic rings. The van der Waals surface area contributed by atoms with E-state index in [0.29, 0.717) is 18.1 Å². The highest BCUT2D eigenvalue weighted by Crippen LogP contribution is 2.32. The van der Waals surface area contributed by atoms with Gasteiger partial charge in [-0.05, 0) is 35.4 Å². The van der Waals surface area contributed by atoms with E-state index in [2.05, 4.69) is 12.1 Å². The minimum absolute atomic E-state index is 0.0305. The van der Waals surface area contributed by atoms with Gasteiger partial charge in [-0.3, -0.25) is 4.79 Å². The quantitative estimate of drug-likeness (QED) is 0.717. The molecule has 0 aliphatic carbocycles. The molecule has 3 aromatic rings. The van der Waals surface area contributed by atoms with Crippen molar-refractivity contribution in [3.8, 4) is 10.4 Å². The van der Waals surface area contributed by atoms with Crippen LogP contribution in [0.2, 0.25) is 5.02 Å². The minimum atomic E-state index is -0.0305. The first kappa shape index (κ1) is 17.3. The number of nitrogens with zero attached hydrogens (tertiary/aromatic N) is 1. The molecule has 26 heavy (non-hydrogen) atoms. The third-order valence-electron chi connectivity index (χ3n) is 4.83. The molecular weight excluding hydrogens is 364 g/mol. The Bertz CT molecular complexity index is 907. The van der Waals surface area contributed by atoms with Crippen LogP contribution in [0.1, 0.15) is 21.2 Å². The summed E-state index contributed by atoms with van der Waals surface area (Å²) in [7, 11) is 0. The maximum Gasteiger partial charge on any atom is 0.264 e. The van der Waals surface area contributed by atoms with Crippen LogP contribution in [0.4, 0.5) is 0 Å². The Hall–Kier alpha value is -2.14. The van der Waals surface area contributed by atoms with E-state index >= 15 is 0 Å². The number of hydrogen-bond donors (Lipinski definition) is 1. The van der Waals surface area contributed by atoms with Gasteiger partial charge in [-0.1, -0.05) is 54.1 Å². The van der Waals surface area contributed by atoms with Gasteiger partial charge in [0.25, 0.3) is 5.91 Å². The van der Waals surface area contributed by atoms with Gasteiger partial charge in [0.2, 0.25) is 0 Å². The summed E-state index contributed by atoms with van der Waals surface area (Å²) in [6, 6.07) is 21.7. The molecule has 0 saturated carbocycles. The maximum atomic E-state index is 12.9. The molecule has 2 heterocycles. The van der Waals surface area contributed by atoms with E-state index < -0.39 is 0 Å². The molecule has 2 N–H and O–H groups in total. The second-order valence-electron chi connectivity index (χ2n) is 6.56.